The van der Waals surface area contributed by atoms with Gasteiger partial charge in [0.05, 0.1) is 0 Å². The van der Waals surface area contributed by atoms with E-state index in [0.717, 1.165) is 44.5 Å². The third kappa shape index (κ3) is 3.66. The van der Waals surface area contributed by atoms with Crippen LogP contribution in [0.2, 0.25) is 0 Å². The maximum Gasteiger partial charge on any atom is 0.322 e. The molecule has 0 aromatic heterocycles. The van der Waals surface area contributed by atoms with Crippen LogP contribution in [-0.4, -0.2) is 47.4 Å². The van der Waals surface area contributed by atoms with E-state index in [1.165, 1.54) is 0 Å². The lowest BCUT2D eigenvalue weighted by atomic mass is 9.98. The number of hydrogen-bond acceptors (Lipinski definition) is 2. The number of carbonyl (C=O) groups is 2. The second kappa shape index (κ2) is 7.02. The lowest BCUT2D eigenvalue weighted by molar-refractivity contribution is -0.136. The van der Waals surface area contributed by atoms with Gasteiger partial charge in [-0.3, -0.25) is 4.79 Å². The van der Waals surface area contributed by atoms with Crippen LogP contribution in [-0.2, 0) is 4.79 Å². The average molecular weight is 315 g/mol. The van der Waals surface area contributed by atoms with E-state index in [9.17, 15) is 9.59 Å². The highest BCUT2D eigenvalue weighted by Crippen LogP contribution is 2.24. The van der Waals surface area contributed by atoms with Crippen molar-refractivity contribution in [2.75, 3.05) is 25.0 Å². The third-order valence-electron chi connectivity index (χ3n) is 4.92. The summed E-state index contributed by atoms with van der Waals surface area (Å²) in [6.07, 6.45) is 3.79. The molecule has 0 saturated carbocycles. The van der Waals surface area contributed by atoms with E-state index >= 15 is 0 Å². The van der Waals surface area contributed by atoms with Gasteiger partial charge >= 0.3 is 6.03 Å². The van der Waals surface area contributed by atoms with E-state index in [1.807, 2.05) is 35.2 Å². The fourth-order valence-corrected chi connectivity index (χ4v) is 3.42. The zero-order chi connectivity index (χ0) is 16.2. The van der Waals surface area contributed by atoms with Crippen molar-refractivity contribution in [2.24, 2.45) is 5.92 Å². The number of nitrogens with one attached hydrogen (secondary N) is 1. The first-order valence-electron chi connectivity index (χ1n) is 8.56. The summed E-state index contributed by atoms with van der Waals surface area (Å²) in [4.78, 5) is 28.9. The molecule has 1 N–H and O–H groups in total. The Hall–Kier alpha value is -2.04. The van der Waals surface area contributed by atoms with Crippen molar-refractivity contribution in [3.8, 4) is 0 Å². The molecule has 2 aliphatic heterocycles. The number of hydrogen-bond donors (Lipinski definition) is 1. The molecule has 2 saturated heterocycles. The maximum atomic E-state index is 12.8. The Morgan fingerprint density at radius 1 is 1.04 bits per heavy atom. The number of likely N-dealkylation sites (tertiary alicyclic amines) is 2. The first-order chi connectivity index (χ1) is 11.1. The van der Waals surface area contributed by atoms with Gasteiger partial charge in [-0.05, 0) is 43.7 Å². The fourth-order valence-electron chi connectivity index (χ4n) is 3.42. The van der Waals surface area contributed by atoms with Gasteiger partial charge in [-0.1, -0.05) is 25.1 Å². The van der Waals surface area contributed by atoms with E-state index in [2.05, 4.69) is 12.2 Å². The van der Waals surface area contributed by atoms with Gasteiger partial charge in [0.1, 0.15) is 6.04 Å². The average Bonchev–Trinajstić information content (AvgIpc) is 3.05. The number of para-hydroxylation sites is 1. The Labute approximate surface area is 137 Å². The van der Waals surface area contributed by atoms with Crippen LogP contribution in [0.25, 0.3) is 0 Å². The molecule has 23 heavy (non-hydrogen) atoms. The highest BCUT2D eigenvalue weighted by molar-refractivity contribution is 5.94. The largest absolute Gasteiger partial charge is 0.341 e. The first-order valence-corrected chi connectivity index (χ1v) is 8.56. The standard InChI is InChI=1S/C18H25N3O2/c1-14-9-12-20(13-10-14)17(22)16-8-5-11-21(16)18(23)19-15-6-3-2-4-7-15/h2-4,6-7,14,16H,5,8-13H2,1H3,(H,19,23). The number of amides is 3. The summed E-state index contributed by atoms with van der Waals surface area (Å²) in [6.45, 7) is 4.53. The van der Waals surface area contributed by atoms with Crippen LogP contribution in [0.15, 0.2) is 30.3 Å². The molecule has 124 valence electrons. The summed E-state index contributed by atoms with van der Waals surface area (Å²) in [5.74, 6) is 0.817. The van der Waals surface area contributed by atoms with Gasteiger partial charge in [-0.15, -0.1) is 0 Å². The van der Waals surface area contributed by atoms with Crippen LogP contribution < -0.4 is 5.32 Å². The molecule has 1 aromatic rings. The zero-order valence-corrected chi connectivity index (χ0v) is 13.7. The molecule has 0 bridgehead atoms. The molecule has 5 heteroatoms. The summed E-state index contributed by atoms with van der Waals surface area (Å²) >= 11 is 0. The highest BCUT2D eigenvalue weighted by atomic mass is 16.2. The van der Waals surface area contributed by atoms with Crippen molar-refractivity contribution in [3.63, 3.8) is 0 Å². The quantitative estimate of drug-likeness (QED) is 0.912. The van der Waals surface area contributed by atoms with Crippen molar-refractivity contribution >= 4 is 17.6 Å². The Balaban J connectivity index is 1.63. The van der Waals surface area contributed by atoms with Crippen LogP contribution in [0.1, 0.15) is 32.6 Å². The lowest BCUT2D eigenvalue weighted by Crippen LogP contribution is -2.50. The number of piperidine rings is 1. The SMILES string of the molecule is CC1CCN(C(=O)C2CCCN2C(=O)Nc2ccccc2)CC1. The van der Waals surface area contributed by atoms with Crippen LogP contribution in [0, 0.1) is 5.92 Å². The molecule has 3 rings (SSSR count). The molecule has 5 nitrogen and oxygen atoms in total. The number of benzene rings is 1. The zero-order valence-electron chi connectivity index (χ0n) is 13.7. The van der Waals surface area contributed by atoms with Crippen molar-refractivity contribution in [2.45, 2.75) is 38.6 Å². The van der Waals surface area contributed by atoms with Crippen molar-refractivity contribution in [1.82, 2.24) is 9.80 Å². The van der Waals surface area contributed by atoms with Gasteiger partial charge in [0.25, 0.3) is 0 Å². The Kier molecular flexibility index (Phi) is 4.84. The summed E-state index contributed by atoms with van der Waals surface area (Å²) in [6, 6.07) is 8.93. The van der Waals surface area contributed by atoms with Gasteiger partial charge in [0.15, 0.2) is 0 Å². The van der Waals surface area contributed by atoms with Gasteiger partial charge in [0, 0.05) is 25.3 Å². The minimum Gasteiger partial charge on any atom is -0.341 e. The van der Waals surface area contributed by atoms with Gasteiger partial charge in [-0.25, -0.2) is 4.79 Å². The van der Waals surface area contributed by atoms with Crippen molar-refractivity contribution in [1.29, 1.82) is 0 Å². The molecule has 2 heterocycles. The molecular formula is C18H25N3O2. The smallest absolute Gasteiger partial charge is 0.322 e. The first kappa shape index (κ1) is 15.8. The Morgan fingerprint density at radius 2 is 1.74 bits per heavy atom. The van der Waals surface area contributed by atoms with Gasteiger partial charge in [-0.2, -0.15) is 0 Å². The molecular weight excluding hydrogens is 290 g/mol. The third-order valence-corrected chi connectivity index (χ3v) is 4.92. The van der Waals surface area contributed by atoms with E-state index in [0.29, 0.717) is 12.5 Å². The number of anilines is 1. The van der Waals surface area contributed by atoms with Crippen LogP contribution in [0.5, 0.6) is 0 Å². The van der Waals surface area contributed by atoms with Crippen molar-refractivity contribution in [3.05, 3.63) is 30.3 Å². The summed E-state index contributed by atoms with van der Waals surface area (Å²) < 4.78 is 0. The van der Waals surface area contributed by atoms with E-state index in [-0.39, 0.29) is 18.0 Å². The molecule has 3 amide bonds. The van der Waals surface area contributed by atoms with Crippen LogP contribution in [0.4, 0.5) is 10.5 Å². The minimum absolute atomic E-state index is 0.123. The second-order valence-corrected chi connectivity index (χ2v) is 6.66. The summed E-state index contributed by atoms with van der Waals surface area (Å²) in [7, 11) is 0. The topological polar surface area (TPSA) is 52.7 Å². The number of rotatable bonds is 2. The van der Waals surface area contributed by atoms with Gasteiger partial charge in [0.2, 0.25) is 5.91 Å². The van der Waals surface area contributed by atoms with E-state index < -0.39 is 0 Å². The number of urea groups is 1. The number of nitrogens with zero attached hydrogens (tertiary/aromatic N) is 2. The maximum absolute atomic E-state index is 12.8. The predicted molar refractivity (Wildman–Crippen MR) is 90.2 cm³/mol. The van der Waals surface area contributed by atoms with Crippen LogP contribution >= 0.6 is 0 Å². The monoisotopic (exact) mass is 315 g/mol. The predicted octanol–water partition coefficient (Wildman–Crippen LogP) is 2.94. The Bertz CT molecular complexity index is 553. The summed E-state index contributed by atoms with van der Waals surface area (Å²) in [5.41, 5.74) is 0.766. The molecule has 0 spiro atoms. The molecule has 2 fully saturated rings. The summed E-state index contributed by atoms with van der Waals surface area (Å²) in [5, 5.41) is 2.89. The van der Waals surface area contributed by atoms with E-state index in [1.54, 1.807) is 4.90 Å². The lowest BCUT2D eigenvalue weighted by Gasteiger charge is -2.34. The van der Waals surface area contributed by atoms with Crippen LogP contribution in [0.3, 0.4) is 0 Å². The fraction of sp³-hybridized carbons (Fsp3) is 0.556. The van der Waals surface area contributed by atoms with E-state index in [4.69, 9.17) is 0 Å². The molecule has 1 atom stereocenters. The molecule has 2 aliphatic rings. The molecule has 1 aromatic carbocycles. The molecule has 0 aliphatic carbocycles. The minimum atomic E-state index is -0.299. The number of carbonyl (C=O) groups excluding carboxylic acids is 2. The van der Waals surface area contributed by atoms with Crippen molar-refractivity contribution < 1.29 is 9.59 Å². The molecule has 0 radical (unpaired) electrons. The second-order valence-electron chi connectivity index (χ2n) is 6.66. The normalized spacial score (nSPS) is 22.2. The van der Waals surface area contributed by atoms with Gasteiger partial charge < -0.3 is 15.1 Å². The molecule has 1 unspecified atom stereocenters. The highest BCUT2D eigenvalue weighted by Gasteiger charge is 2.37. The Morgan fingerprint density at radius 3 is 2.43 bits per heavy atom.